The number of aliphatic hydroxyl groups is 1. The van der Waals surface area contributed by atoms with Crippen LogP contribution in [-0.4, -0.2) is 28.3 Å². The second-order valence-electron chi connectivity index (χ2n) is 5.99. The van der Waals surface area contributed by atoms with Gasteiger partial charge >= 0.3 is 0 Å². The van der Waals surface area contributed by atoms with Crippen LogP contribution in [0.15, 0.2) is 18.2 Å². The Labute approximate surface area is 126 Å². The summed E-state index contributed by atoms with van der Waals surface area (Å²) in [6.45, 7) is 7.69. The highest BCUT2D eigenvalue weighted by atomic mass is 16.3. The lowest BCUT2D eigenvalue weighted by Crippen LogP contribution is -2.36. The summed E-state index contributed by atoms with van der Waals surface area (Å²) in [7, 11) is 0. The molecule has 0 spiro atoms. The summed E-state index contributed by atoms with van der Waals surface area (Å²) in [6, 6.07) is 4.86. The molecule has 0 saturated carbocycles. The fourth-order valence-corrected chi connectivity index (χ4v) is 1.94. The minimum Gasteiger partial charge on any atom is -0.508 e. The molecule has 1 amide bonds. The molecule has 4 N–H and O–H groups in total. The number of phenolic OH excluding ortho intramolecular Hbond substituents is 1. The molecule has 0 bridgehead atoms. The summed E-state index contributed by atoms with van der Waals surface area (Å²) in [4.78, 5) is 11.6. The van der Waals surface area contributed by atoms with Crippen molar-refractivity contribution in [1.29, 1.82) is 0 Å². The van der Waals surface area contributed by atoms with E-state index >= 15 is 0 Å². The molecule has 0 aliphatic heterocycles. The van der Waals surface area contributed by atoms with Crippen molar-refractivity contribution in [2.75, 3.05) is 11.9 Å². The Kier molecular flexibility index (Phi) is 6.18. The van der Waals surface area contributed by atoms with Crippen LogP contribution in [0, 0.1) is 0 Å². The van der Waals surface area contributed by atoms with Crippen molar-refractivity contribution < 1.29 is 15.0 Å². The lowest BCUT2D eigenvalue weighted by atomic mass is 10.0. The second kappa shape index (κ2) is 7.43. The molecule has 5 nitrogen and oxygen atoms in total. The van der Waals surface area contributed by atoms with Gasteiger partial charge in [-0.2, -0.15) is 0 Å². The predicted octanol–water partition coefficient (Wildman–Crippen LogP) is 2.55. The number of phenols is 1. The van der Waals surface area contributed by atoms with Crippen LogP contribution in [0.25, 0.3) is 0 Å². The molecule has 0 saturated heterocycles. The average Bonchev–Trinajstić information content (AvgIpc) is 2.37. The van der Waals surface area contributed by atoms with Crippen LogP contribution < -0.4 is 10.6 Å². The number of benzene rings is 1. The van der Waals surface area contributed by atoms with Crippen molar-refractivity contribution in [2.24, 2.45) is 0 Å². The molecule has 1 aromatic carbocycles. The molecule has 0 heterocycles. The minimum absolute atomic E-state index is 0.0359. The van der Waals surface area contributed by atoms with E-state index in [9.17, 15) is 15.0 Å². The van der Waals surface area contributed by atoms with Gasteiger partial charge in [0.15, 0.2) is 0 Å². The molecule has 1 atom stereocenters. The third-order valence-electron chi connectivity index (χ3n) is 3.10. The average molecular weight is 294 g/mol. The molecule has 0 aliphatic rings. The smallest absolute Gasteiger partial charge is 0.224 e. The van der Waals surface area contributed by atoms with Crippen molar-refractivity contribution in [3.63, 3.8) is 0 Å². The number of carbonyl (C=O) groups is 1. The first-order chi connectivity index (χ1) is 9.73. The number of hydrogen-bond acceptors (Lipinski definition) is 4. The quantitative estimate of drug-likeness (QED) is 0.583. The van der Waals surface area contributed by atoms with Gasteiger partial charge in [-0.3, -0.25) is 4.79 Å². The van der Waals surface area contributed by atoms with Crippen LogP contribution in [0.2, 0.25) is 0 Å². The van der Waals surface area contributed by atoms with Gasteiger partial charge in [-0.05, 0) is 45.4 Å². The van der Waals surface area contributed by atoms with Crippen molar-refractivity contribution in [3.05, 3.63) is 23.8 Å². The number of carbonyl (C=O) groups excluding carboxylic acids is 1. The molecule has 0 aromatic heterocycles. The number of hydrogen-bond donors (Lipinski definition) is 4. The van der Waals surface area contributed by atoms with E-state index in [1.807, 2.05) is 13.8 Å². The normalized spacial score (nSPS) is 13.0. The van der Waals surface area contributed by atoms with E-state index < -0.39 is 5.60 Å². The fourth-order valence-electron chi connectivity index (χ4n) is 1.94. The number of amides is 1. The van der Waals surface area contributed by atoms with E-state index in [0.29, 0.717) is 24.2 Å². The third kappa shape index (κ3) is 6.14. The van der Waals surface area contributed by atoms with Gasteiger partial charge in [-0.1, -0.05) is 6.92 Å². The first-order valence-corrected chi connectivity index (χ1v) is 7.31. The summed E-state index contributed by atoms with van der Waals surface area (Å²) in [5, 5.41) is 25.7. The zero-order valence-corrected chi connectivity index (χ0v) is 13.2. The van der Waals surface area contributed by atoms with Crippen LogP contribution in [0.4, 0.5) is 5.69 Å². The number of nitrogens with one attached hydrogen (secondary N) is 2. The zero-order valence-electron chi connectivity index (χ0n) is 13.2. The number of aromatic hydroxyl groups is 1. The predicted molar refractivity (Wildman–Crippen MR) is 84.4 cm³/mol. The van der Waals surface area contributed by atoms with Crippen LogP contribution in [0.1, 0.15) is 52.1 Å². The number of anilines is 1. The van der Waals surface area contributed by atoms with Crippen molar-refractivity contribution in [3.8, 4) is 5.75 Å². The highest BCUT2D eigenvalue weighted by molar-refractivity contribution is 5.90. The maximum absolute atomic E-state index is 11.6. The van der Waals surface area contributed by atoms with E-state index in [2.05, 4.69) is 10.6 Å². The highest BCUT2D eigenvalue weighted by Gasteiger charge is 2.17. The third-order valence-corrected chi connectivity index (χ3v) is 3.10. The second-order valence-corrected chi connectivity index (χ2v) is 5.99. The lowest BCUT2D eigenvalue weighted by molar-refractivity contribution is -0.116. The monoisotopic (exact) mass is 294 g/mol. The molecular formula is C16H26N2O3. The lowest BCUT2D eigenvalue weighted by Gasteiger charge is -2.22. The van der Waals surface area contributed by atoms with E-state index in [-0.39, 0.29) is 17.7 Å². The van der Waals surface area contributed by atoms with Crippen LogP contribution in [0.3, 0.4) is 0 Å². The maximum Gasteiger partial charge on any atom is 0.224 e. The molecule has 0 aliphatic carbocycles. The number of rotatable bonds is 7. The molecule has 21 heavy (non-hydrogen) atoms. The maximum atomic E-state index is 11.6. The fraction of sp³-hybridized carbons (Fsp3) is 0.562. The Morgan fingerprint density at radius 3 is 2.62 bits per heavy atom. The van der Waals surface area contributed by atoms with E-state index in [1.165, 1.54) is 0 Å². The first kappa shape index (κ1) is 17.5. The molecular weight excluding hydrogens is 268 g/mol. The summed E-state index contributed by atoms with van der Waals surface area (Å²) in [6.07, 6.45) is 1.27. The highest BCUT2D eigenvalue weighted by Crippen LogP contribution is 2.27. The van der Waals surface area contributed by atoms with Gasteiger partial charge in [-0.25, -0.2) is 0 Å². The first-order valence-electron chi connectivity index (χ1n) is 7.31. The van der Waals surface area contributed by atoms with Crippen LogP contribution in [-0.2, 0) is 4.79 Å². The summed E-state index contributed by atoms with van der Waals surface area (Å²) in [5.74, 6) is 0.130. The summed E-state index contributed by atoms with van der Waals surface area (Å²) < 4.78 is 0. The van der Waals surface area contributed by atoms with Gasteiger partial charge in [0.1, 0.15) is 5.75 Å². The van der Waals surface area contributed by atoms with E-state index in [1.54, 1.807) is 32.0 Å². The molecule has 1 unspecified atom stereocenters. The Bertz CT molecular complexity index is 481. The topological polar surface area (TPSA) is 81.6 Å². The standard InChI is InChI=1S/C16H26N2O3/c1-5-6-15(20)18-12-7-8-14(19)13(9-12)11(2)17-10-16(3,4)21/h7-9,11,17,19,21H,5-6,10H2,1-4H3,(H,18,20). The molecule has 1 rings (SSSR count). The Morgan fingerprint density at radius 2 is 2.05 bits per heavy atom. The van der Waals surface area contributed by atoms with Crippen molar-refractivity contribution >= 4 is 11.6 Å². The van der Waals surface area contributed by atoms with Gasteiger partial charge in [0.25, 0.3) is 0 Å². The van der Waals surface area contributed by atoms with Gasteiger partial charge in [0, 0.05) is 30.3 Å². The minimum atomic E-state index is -0.823. The molecule has 1 aromatic rings. The SMILES string of the molecule is CCCC(=O)Nc1ccc(O)c(C(C)NCC(C)(C)O)c1. The summed E-state index contributed by atoms with van der Waals surface area (Å²) >= 11 is 0. The Morgan fingerprint density at radius 1 is 1.38 bits per heavy atom. The molecule has 5 heteroatoms. The Hall–Kier alpha value is -1.59. The van der Waals surface area contributed by atoms with Gasteiger partial charge in [0.05, 0.1) is 5.60 Å². The van der Waals surface area contributed by atoms with Crippen molar-refractivity contribution in [1.82, 2.24) is 5.32 Å². The zero-order chi connectivity index (χ0) is 16.0. The van der Waals surface area contributed by atoms with E-state index in [0.717, 1.165) is 6.42 Å². The van der Waals surface area contributed by atoms with Gasteiger partial charge < -0.3 is 20.8 Å². The molecule has 0 radical (unpaired) electrons. The largest absolute Gasteiger partial charge is 0.508 e. The molecule has 118 valence electrons. The van der Waals surface area contributed by atoms with Gasteiger partial charge in [0.2, 0.25) is 5.91 Å². The molecule has 0 fully saturated rings. The van der Waals surface area contributed by atoms with E-state index in [4.69, 9.17) is 0 Å². The Balaban J connectivity index is 2.79. The van der Waals surface area contributed by atoms with Crippen molar-refractivity contribution in [2.45, 2.75) is 52.2 Å². The van der Waals surface area contributed by atoms with Crippen LogP contribution in [0.5, 0.6) is 5.75 Å². The summed E-state index contributed by atoms with van der Waals surface area (Å²) in [5.41, 5.74) is 0.531. The van der Waals surface area contributed by atoms with Crippen LogP contribution >= 0.6 is 0 Å². The van der Waals surface area contributed by atoms with Gasteiger partial charge in [-0.15, -0.1) is 0 Å².